The maximum atomic E-state index is 11.6. The van der Waals surface area contributed by atoms with Crippen molar-refractivity contribution in [3.63, 3.8) is 0 Å². The summed E-state index contributed by atoms with van der Waals surface area (Å²) in [6.07, 6.45) is -7.89. The Morgan fingerprint density at radius 2 is 1.70 bits per heavy atom. The molecule has 1 amide bonds. The number of aliphatic hydroxyl groups excluding tert-OH is 1. The van der Waals surface area contributed by atoms with E-state index in [2.05, 4.69) is 5.73 Å². The summed E-state index contributed by atoms with van der Waals surface area (Å²) in [7, 11) is -4.02. The van der Waals surface area contributed by atoms with Crippen LogP contribution in [0.25, 0.3) is 0 Å². The third-order valence-corrected chi connectivity index (χ3v) is 3.35. The van der Waals surface area contributed by atoms with Crippen LogP contribution in [0.1, 0.15) is 12.0 Å². The predicted octanol–water partition coefficient (Wildman–Crippen LogP) is 0.354. The first kappa shape index (κ1) is 21.3. The van der Waals surface area contributed by atoms with Gasteiger partial charge in [-0.2, -0.15) is 21.6 Å². The molecule has 0 bridgehead atoms. The van der Waals surface area contributed by atoms with E-state index in [4.69, 9.17) is 15.4 Å². The smallest absolute Gasteiger partial charge is 0.382 e. The van der Waals surface area contributed by atoms with Gasteiger partial charge in [0.1, 0.15) is 6.10 Å². The van der Waals surface area contributed by atoms with Crippen LogP contribution < -0.4 is 11.5 Å². The predicted molar refractivity (Wildman–Crippen MR) is 74.8 cm³/mol. The van der Waals surface area contributed by atoms with E-state index in [0.717, 1.165) is 5.56 Å². The Bertz CT molecular complexity index is 617. The van der Waals surface area contributed by atoms with Crippen molar-refractivity contribution in [2.24, 2.45) is 11.5 Å². The number of hydrogen-bond acceptors (Lipinski definition) is 5. The molecule has 0 heterocycles. The molecule has 1 aromatic rings. The Hall–Kier alpha value is -1.69. The summed E-state index contributed by atoms with van der Waals surface area (Å²) in [4.78, 5) is 10.1. The summed E-state index contributed by atoms with van der Waals surface area (Å²) in [6.45, 7) is 1.84. The fraction of sp³-hybridized carbons (Fsp3) is 0.417. The number of benzene rings is 1. The molecule has 0 radical (unpaired) electrons. The van der Waals surface area contributed by atoms with Crippen LogP contribution in [0.5, 0.6) is 0 Å². The number of hydrogen-bond donors (Lipinski definition) is 4. The van der Waals surface area contributed by atoms with E-state index in [1.807, 2.05) is 6.92 Å². The van der Waals surface area contributed by atoms with Crippen LogP contribution >= 0.6 is 0 Å². The van der Waals surface area contributed by atoms with Gasteiger partial charge in [-0.15, -0.1) is 0 Å². The molecule has 0 spiro atoms. The van der Waals surface area contributed by atoms with Crippen molar-refractivity contribution in [2.75, 3.05) is 0 Å². The van der Waals surface area contributed by atoms with E-state index >= 15 is 0 Å². The SMILES string of the molecule is Cc1ccc(S(=O)(=O)O)cc1.NC(=O)C(O)C(N)CC(F)(F)F. The zero-order valence-corrected chi connectivity index (χ0v) is 12.8. The van der Waals surface area contributed by atoms with Gasteiger partial charge >= 0.3 is 6.18 Å². The quantitative estimate of drug-likeness (QED) is 0.572. The fourth-order valence-corrected chi connectivity index (χ4v) is 1.78. The Balaban J connectivity index is 0.000000422. The maximum absolute atomic E-state index is 11.6. The van der Waals surface area contributed by atoms with Crippen molar-refractivity contribution in [1.82, 2.24) is 0 Å². The van der Waals surface area contributed by atoms with Crippen LogP contribution in [0.3, 0.4) is 0 Å². The molecule has 0 saturated heterocycles. The second-order valence-corrected chi connectivity index (χ2v) is 6.04. The summed E-state index contributed by atoms with van der Waals surface area (Å²) in [6, 6.07) is 4.30. The lowest BCUT2D eigenvalue weighted by Gasteiger charge is -2.16. The second-order valence-electron chi connectivity index (χ2n) is 4.62. The van der Waals surface area contributed by atoms with E-state index < -0.39 is 40.8 Å². The molecule has 7 nitrogen and oxygen atoms in total. The van der Waals surface area contributed by atoms with Crippen molar-refractivity contribution >= 4 is 16.0 Å². The number of carbonyl (C=O) groups excluding carboxylic acids is 1. The standard InChI is InChI=1S/C7H8O3S.C5H9F3N2O2/c1-6-2-4-7(5-3-6)11(8,9)10;6-5(7,8)1-2(9)3(11)4(10)12/h2-5H,1H3,(H,8,9,10);2-3,11H,1,9H2,(H2,10,12). The fourth-order valence-electron chi connectivity index (χ4n) is 1.30. The minimum Gasteiger partial charge on any atom is -0.382 e. The Labute approximate surface area is 130 Å². The lowest BCUT2D eigenvalue weighted by atomic mass is 10.1. The van der Waals surface area contributed by atoms with Crippen molar-refractivity contribution < 1.29 is 36.0 Å². The zero-order chi connectivity index (χ0) is 18.4. The molecule has 0 fully saturated rings. The van der Waals surface area contributed by atoms with E-state index in [-0.39, 0.29) is 4.90 Å². The number of amides is 1. The van der Waals surface area contributed by atoms with Crippen molar-refractivity contribution in [3.05, 3.63) is 29.8 Å². The molecule has 0 aliphatic carbocycles. The highest BCUT2D eigenvalue weighted by atomic mass is 32.2. The Morgan fingerprint density at radius 1 is 1.26 bits per heavy atom. The van der Waals surface area contributed by atoms with Crippen LogP contribution in [0.4, 0.5) is 13.2 Å². The number of carbonyl (C=O) groups is 1. The zero-order valence-electron chi connectivity index (χ0n) is 12.0. The number of aliphatic hydroxyl groups is 1. The minimum absolute atomic E-state index is 0.0666. The van der Waals surface area contributed by atoms with E-state index in [9.17, 15) is 26.4 Å². The third kappa shape index (κ3) is 9.13. The van der Waals surface area contributed by atoms with Gasteiger partial charge in [0.15, 0.2) is 0 Å². The number of alkyl halides is 3. The largest absolute Gasteiger partial charge is 0.390 e. The highest BCUT2D eigenvalue weighted by Gasteiger charge is 2.34. The topological polar surface area (TPSA) is 144 Å². The summed E-state index contributed by atoms with van der Waals surface area (Å²) in [5.74, 6) is -1.26. The van der Waals surface area contributed by atoms with Gasteiger partial charge in [0, 0.05) is 6.04 Å². The molecular formula is C12H17F3N2O5S. The highest BCUT2D eigenvalue weighted by Crippen LogP contribution is 2.21. The lowest BCUT2D eigenvalue weighted by molar-refractivity contribution is -0.147. The van der Waals surface area contributed by atoms with Crippen LogP contribution in [-0.2, 0) is 14.9 Å². The van der Waals surface area contributed by atoms with Crippen LogP contribution in [0.2, 0.25) is 0 Å². The first-order valence-electron chi connectivity index (χ1n) is 6.08. The molecule has 23 heavy (non-hydrogen) atoms. The van der Waals surface area contributed by atoms with Gasteiger partial charge in [-0.05, 0) is 19.1 Å². The van der Waals surface area contributed by atoms with Gasteiger partial charge in [0.25, 0.3) is 10.1 Å². The molecule has 1 rings (SSSR count). The summed E-state index contributed by atoms with van der Waals surface area (Å²) >= 11 is 0. The van der Waals surface area contributed by atoms with Crippen molar-refractivity contribution in [3.8, 4) is 0 Å². The first-order chi connectivity index (χ1) is 10.2. The number of rotatable bonds is 4. The molecule has 0 aliphatic heterocycles. The maximum Gasteiger partial charge on any atom is 0.390 e. The van der Waals surface area contributed by atoms with Crippen LogP contribution in [0, 0.1) is 6.92 Å². The average Bonchev–Trinajstić information content (AvgIpc) is 2.35. The van der Waals surface area contributed by atoms with Gasteiger partial charge in [-0.25, -0.2) is 0 Å². The molecular weight excluding hydrogens is 341 g/mol. The highest BCUT2D eigenvalue weighted by molar-refractivity contribution is 7.85. The summed E-state index contributed by atoms with van der Waals surface area (Å²) in [5.41, 5.74) is 10.3. The van der Waals surface area contributed by atoms with Gasteiger partial charge in [0.05, 0.1) is 11.3 Å². The molecule has 0 aromatic heterocycles. The van der Waals surface area contributed by atoms with Gasteiger partial charge in [-0.1, -0.05) is 17.7 Å². The van der Waals surface area contributed by atoms with Crippen molar-refractivity contribution in [2.45, 2.75) is 36.6 Å². The number of nitrogens with two attached hydrogens (primary N) is 2. The number of primary amides is 1. The molecule has 6 N–H and O–H groups in total. The lowest BCUT2D eigenvalue weighted by Crippen LogP contribution is -2.46. The van der Waals surface area contributed by atoms with E-state index in [1.165, 1.54) is 12.1 Å². The molecule has 2 atom stereocenters. The summed E-state index contributed by atoms with van der Waals surface area (Å²) in [5, 5.41) is 8.66. The monoisotopic (exact) mass is 358 g/mol. The number of aryl methyl sites for hydroxylation is 1. The average molecular weight is 358 g/mol. The first-order valence-corrected chi connectivity index (χ1v) is 7.52. The molecule has 11 heteroatoms. The van der Waals surface area contributed by atoms with E-state index in [0.29, 0.717) is 0 Å². The number of halogens is 3. The van der Waals surface area contributed by atoms with Gasteiger partial charge < -0.3 is 16.6 Å². The molecule has 2 unspecified atom stereocenters. The van der Waals surface area contributed by atoms with E-state index in [1.54, 1.807) is 12.1 Å². The summed E-state index contributed by atoms with van der Waals surface area (Å²) < 4.78 is 64.3. The van der Waals surface area contributed by atoms with Gasteiger partial charge in [0.2, 0.25) is 5.91 Å². The molecule has 0 aliphatic rings. The second kappa shape index (κ2) is 8.24. The normalized spacial score (nSPS) is 14.4. The molecule has 1 aromatic carbocycles. The third-order valence-electron chi connectivity index (χ3n) is 2.48. The van der Waals surface area contributed by atoms with Crippen LogP contribution in [0.15, 0.2) is 29.2 Å². The van der Waals surface area contributed by atoms with Gasteiger partial charge in [-0.3, -0.25) is 9.35 Å². The Morgan fingerprint density at radius 3 is 2.00 bits per heavy atom. The van der Waals surface area contributed by atoms with Crippen molar-refractivity contribution in [1.29, 1.82) is 0 Å². The van der Waals surface area contributed by atoms with Crippen LogP contribution in [-0.4, -0.2) is 42.3 Å². The minimum atomic E-state index is -4.50. The molecule has 132 valence electrons. The Kier molecular flexibility index (Phi) is 7.64. The molecule has 0 saturated carbocycles.